The molecular formula is C25H22OPRh. The molecule has 0 bridgehead atoms. The van der Waals surface area contributed by atoms with Crippen LogP contribution in [0.15, 0.2) is 85.0 Å². The molecule has 1 fully saturated rings. The Labute approximate surface area is 183 Å². The summed E-state index contributed by atoms with van der Waals surface area (Å²) >= 11 is 0. The van der Waals surface area contributed by atoms with E-state index in [1.54, 1.807) is 0 Å². The van der Waals surface area contributed by atoms with E-state index in [-0.39, 0.29) is 27.4 Å². The fourth-order valence-electron chi connectivity index (χ4n) is 3.48. The Hall–Kier alpha value is -1.29. The number of allylic oxidation sites excluding steroid dienone is 4. The van der Waals surface area contributed by atoms with Gasteiger partial charge in [0.1, 0.15) is 0 Å². The van der Waals surface area contributed by atoms with Crippen molar-refractivity contribution in [2.24, 2.45) is 0 Å². The molecule has 0 N–H and O–H groups in total. The molecule has 2 aliphatic rings. The summed E-state index contributed by atoms with van der Waals surface area (Å²) in [5.41, 5.74) is 0. The monoisotopic (exact) mass is 472 g/mol. The van der Waals surface area contributed by atoms with Gasteiger partial charge < -0.3 is 0 Å². The van der Waals surface area contributed by atoms with Crippen LogP contribution < -0.4 is 10.6 Å². The van der Waals surface area contributed by atoms with E-state index >= 15 is 0 Å². The van der Waals surface area contributed by atoms with E-state index < -0.39 is 0 Å². The average Bonchev–Trinajstić information content (AvgIpc) is 3.17. The van der Waals surface area contributed by atoms with Crippen LogP contribution in [0.25, 0.3) is 0 Å². The van der Waals surface area contributed by atoms with E-state index in [4.69, 9.17) is 4.65 Å². The molecule has 0 saturated heterocycles. The van der Waals surface area contributed by atoms with Crippen molar-refractivity contribution >= 4 is 18.5 Å². The Balaban J connectivity index is 0.000000906. The van der Waals surface area contributed by atoms with Crippen LogP contribution in [0.3, 0.4) is 0 Å². The van der Waals surface area contributed by atoms with Crippen molar-refractivity contribution in [3.63, 3.8) is 0 Å². The molecular weight excluding hydrogens is 450 g/mol. The summed E-state index contributed by atoms with van der Waals surface area (Å²) in [4.78, 5) is 0. The topological polar surface area (TPSA) is 19.9 Å². The molecule has 2 aromatic carbocycles. The van der Waals surface area contributed by atoms with E-state index in [0.29, 0.717) is 0 Å². The largest absolute Gasteiger partial charge is 0.0762 e. The van der Waals surface area contributed by atoms with Crippen molar-refractivity contribution in [3.05, 3.63) is 122 Å². The minimum atomic E-state index is -0.276. The molecule has 6 radical (unpaired) electrons. The third kappa shape index (κ3) is 5.86. The molecule has 2 aromatic rings. The Kier molecular flexibility index (Phi) is 10.1. The van der Waals surface area contributed by atoms with Gasteiger partial charge in [-0.25, -0.2) is 0 Å². The van der Waals surface area contributed by atoms with Crippen LogP contribution in [0.4, 0.5) is 0 Å². The molecule has 0 atom stereocenters. The fraction of sp³-hybridized carbons (Fsp3) is 0.120. The van der Waals surface area contributed by atoms with E-state index in [0.717, 1.165) is 6.42 Å². The zero-order valence-electron chi connectivity index (χ0n) is 15.5. The molecule has 0 spiro atoms. The summed E-state index contributed by atoms with van der Waals surface area (Å²) in [6, 6.07) is 22.0. The number of hydrogen-bond acceptors (Lipinski definition) is 0. The van der Waals surface area contributed by atoms with E-state index in [9.17, 15) is 0 Å². The molecule has 1 nitrogen and oxygen atoms in total. The summed E-state index contributed by atoms with van der Waals surface area (Å²) in [5.74, 6) is 4.28. The third-order valence-electron chi connectivity index (χ3n) is 4.73. The number of fused-ring (bicyclic) bond motifs is 1. The fourth-order valence-corrected chi connectivity index (χ4v) is 5.84. The van der Waals surface area contributed by atoms with E-state index in [1.807, 2.05) is 0 Å². The van der Waals surface area contributed by atoms with E-state index in [2.05, 4.69) is 104 Å². The molecule has 0 unspecified atom stereocenters. The molecule has 3 heteroatoms. The van der Waals surface area contributed by atoms with Crippen LogP contribution >= 0.6 is 7.92 Å². The third-order valence-corrected chi connectivity index (χ3v) is 7.34. The van der Waals surface area contributed by atoms with Crippen molar-refractivity contribution in [2.45, 2.75) is 12.8 Å². The SMILES string of the molecule is [C-]#[O+].[CH]1[CH][C](CCCP(c2ccccc2)c2ccccc2)[C]2C=CC=C[C]12.[Rh]. The standard InChI is InChI=1S/C24H22P.CO.Rh/c1-3-12-22(13-4-1)25(23-14-5-2-6-15-23)19-9-11-21-18-17-20-10-7-8-16-24(20)21;1-2;/h1-8,10,12-18H,9,11,19H2;;. The molecule has 2 aliphatic carbocycles. The maximum absolute atomic E-state index is 7.50. The van der Waals surface area contributed by atoms with Crippen molar-refractivity contribution in [2.75, 3.05) is 6.16 Å². The Morgan fingerprint density at radius 3 is 1.93 bits per heavy atom. The Morgan fingerprint density at radius 1 is 0.750 bits per heavy atom. The van der Waals surface area contributed by atoms with Gasteiger partial charge in [0.25, 0.3) is 0 Å². The summed E-state index contributed by atoms with van der Waals surface area (Å²) in [6.45, 7) is 4.50. The van der Waals surface area contributed by atoms with Gasteiger partial charge in [0.15, 0.2) is 0 Å². The van der Waals surface area contributed by atoms with Crippen molar-refractivity contribution < 1.29 is 24.1 Å². The second-order valence-corrected chi connectivity index (χ2v) is 8.71. The second kappa shape index (κ2) is 12.3. The first-order chi connectivity index (χ1) is 13.4. The van der Waals surface area contributed by atoms with Gasteiger partial charge in [0.05, 0.1) is 0 Å². The molecule has 0 heterocycles. The van der Waals surface area contributed by atoms with Gasteiger partial charge in [-0.2, -0.15) is 0 Å². The molecule has 28 heavy (non-hydrogen) atoms. The zero-order valence-corrected chi connectivity index (χ0v) is 18.1. The van der Waals surface area contributed by atoms with Crippen LogP contribution in [-0.4, -0.2) is 6.16 Å². The van der Waals surface area contributed by atoms with Crippen LogP contribution in [-0.2, 0) is 24.1 Å². The minimum Gasteiger partial charge on any atom is -0.0762 e. The average molecular weight is 472 g/mol. The van der Waals surface area contributed by atoms with Gasteiger partial charge in [0, 0.05) is 31.3 Å². The van der Waals surface area contributed by atoms with Crippen molar-refractivity contribution in [3.8, 4) is 0 Å². The van der Waals surface area contributed by atoms with Crippen molar-refractivity contribution in [1.29, 1.82) is 0 Å². The molecule has 0 amide bonds. The molecule has 0 aromatic heterocycles. The van der Waals surface area contributed by atoms with Crippen LogP contribution in [0.5, 0.6) is 0 Å². The predicted octanol–water partition coefficient (Wildman–Crippen LogP) is 5.13. The van der Waals surface area contributed by atoms with Gasteiger partial charge >= 0.3 is 11.3 Å². The normalized spacial score (nSPS) is 16.2. The van der Waals surface area contributed by atoms with Gasteiger partial charge in [-0.1, -0.05) is 85.0 Å². The Bertz CT molecular complexity index is 729. The summed E-state index contributed by atoms with van der Waals surface area (Å²) in [6.07, 6.45) is 16.9. The minimum absolute atomic E-state index is 0. The van der Waals surface area contributed by atoms with Crippen LogP contribution in [0.2, 0.25) is 0 Å². The zero-order chi connectivity index (χ0) is 18.9. The van der Waals surface area contributed by atoms with Crippen LogP contribution in [0.1, 0.15) is 12.8 Å². The van der Waals surface area contributed by atoms with Crippen molar-refractivity contribution in [1.82, 2.24) is 0 Å². The van der Waals surface area contributed by atoms with Gasteiger partial charge in [-0.05, 0) is 56.3 Å². The molecule has 4 rings (SSSR count). The summed E-state index contributed by atoms with van der Waals surface area (Å²) in [7, 11) is -0.276. The number of benzene rings is 2. The van der Waals surface area contributed by atoms with Crippen LogP contribution in [0, 0.1) is 37.2 Å². The van der Waals surface area contributed by atoms with Gasteiger partial charge in [-0.3, -0.25) is 0 Å². The summed E-state index contributed by atoms with van der Waals surface area (Å²) < 4.78 is 7.50. The number of rotatable bonds is 6. The predicted molar refractivity (Wildman–Crippen MR) is 114 cm³/mol. The molecule has 142 valence electrons. The molecule has 1 saturated carbocycles. The second-order valence-electron chi connectivity index (χ2n) is 6.37. The molecule has 0 aliphatic heterocycles. The summed E-state index contributed by atoms with van der Waals surface area (Å²) in [5, 5.41) is 2.96. The smallest absolute Gasteiger partial charge is 0.0158 e. The van der Waals surface area contributed by atoms with E-state index in [1.165, 1.54) is 40.9 Å². The Morgan fingerprint density at radius 2 is 1.32 bits per heavy atom. The first-order valence-corrected chi connectivity index (χ1v) is 10.7. The first-order valence-electron chi connectivity index (χ1n) is 9.13. The number of hydrogen-bond donors (Lipinski definition) is 0. The van der Waals surface area contributed by atoms with Gasteiger partial charge in [-0.15, -0.1) is 0 Å². The van der Waals surface area contributed by atoms with Gasteiger partial charge in [0.2, 0.25) is 0 Å². The quantitative estimate of drug-likeness (QED) is 0.241. The maximum atomic E-state index is 7.50. The maximum Gasteiger partial charge on any atom is 0.0158 e. The first kappa shape index (κ1) is 23.0.